The zero-order valence-corrected chi connectivity index (χ0v) is 14.6. The summed E-state index contributed by atoms with van der Waals surface area (Å²) in [6, 6.07) is 4.65. The minimum atomic E-state index is -0.540. The van der Waals surface area contributed by atoms with Crippen LogP contribution in [0.2, 0.25) is 0 Å². The number of nitrogens with one attached hydrogen (secondary N) is 3. The standard InChI is InChI=1S/C18H25N3O4/c1-11(20-17(22)14-10-19-18(23)21-14)12-7-8-15(16(9-12)24-2)25-13-5-3-4-6-13/h7-9,11,13-14H,3-6,10H2,1-2H3,(H,20,22)(H2,19,21,23)/t11-,14+/m0/s1. The molecule has 0 unspecified atom stereocenters. The highest BCUT2D eigenvalue weighted by atomic mass is 16.5. The first-order valence-corrected chi connectivity index (χ1v) is 8.76. The molecule has 25 heavy (non-hydrogen) atoms. The van der Waals surface area contributed by atoms with E-state index in [4.69, 9.17) is 9.47 Å². The Bertz CT molecular complexity index is 643. The number of amides is 3. The van der Waals surface area contributed by atoms with Gasteiger partial charge in [0.1, 0.15) is 6.04 Å². The van der Waals surface area contributed by atoms with Crippen molar-refractivity contribution in [1.82, 2.24) is 16.0 Å². The fourth-order valence-corrected chi connectivity index (χ4v) is 3.25. The zero-order valence-electron chi connectivity index (χ0n) is 14.6. The summed E-state index contributed by atoms with van der Waals surface area (Å²) in [4.78, 5) is 23.3. The Labute approximate surface area is 147 Å². The molecular weight excluding hydrogens is 322 g/mol. The molecule has 136 valence electrons. The lowest BCUT2D eigenvalue weighted by Gasteiger charge is -2.20. The Balaban J connectivity index is 1.64. The molecule has 0 spiro atoms. The highest BCUT2D eigenvalue weighted by Crippen LogP contribution is 2.33. The summed E-state index contributed by atoms with van der Waals surface area (Å²) < 4.78 is 11.5. The van der Waals surface area contributed by atoms with Crippen LogP contribution in [0.25, 0.3) is 0 Å². The van der Waals surface area contributed by atoms with Crippen molar-refractivity contribution in [1.29, 1.82) is 0 Å². The maximum Gasteiger partial charge on any atom is 0.315 e. The van der Waals surface area contributed by atoms with E-state index in [-0.39, 0.29) is 24.1 Å². The van der Waals surface area contributed by atoms with Gasteiger partial charge in [-0.15, -0.1) is 0 Å². The molecule has 1 aromatic rings. The number of methoxy groups -OCH3 is 1. The molecule has 2 fully saturated rings. The normalized spacial score (nSPS) is 21.4. The molecule has 2 aliphatic rings. The van der Waals surface area contributed by atoms with Crippen LogP contribution in [0.1, 0.15) is 44.2 Å². The minimum Gasteiger partial charge on any atom is -0.493 e. The van der Waals surface area contributed by atoms with Crippen LogP contribution in [-0.2, 0) is 4.79 Å². The third-order valence-electron chi connectivity index (χ3n) is 4.73. The van der Waals surface area contributed by atoms with E-state index in [1.165, 1.54) is 12.8 Å². The number of hydrogen-bond donors (Lipinski definition) is 3. The summed E-state index contributed by atoms with van der Waals surface area (Å²) in [5.74, 6) is 1.20. The maximum absolute atomic E-state index is 12.2. The van der Waals surface area contributed by atoms with Crippen LogP contribution in [0, 0.1) is 0 Å². The molecule has 0 aromatic heterocycles. The Hall–Kier alpha value is -2.44. The maximum atomic E-state index is 12.2. The van der Waals surface area contributed by atoms with Crippen LogP contribution >= 0.6 is 0 Å². The summed E-state index contributed by atoms with van der Waals surface area (Å²) in [7, 11) is 1.61. The highest BCUT2D eigenvalue weighted by molar-refractivity contribution is 5.90. The SMILES string of the molecule is COc1cc([C@H](C)NC(=O)[C@H]2CNC(=O)N2)ccc1OC1CCCC1. The summed E-state index contributed by atoms with van der Waals surface area (Å²) in [5, 5.41) is 8.06. The van der Waals surface area contributed by atoms with E-state index < -0.39 is 6.04 Å². The fourth-order valence-electron chi connectivity index (χ4n) is 3.25. The van der Waals surface area contributed by atoms with Gasteiger partial charge in [0.05, 0.1) is 19.3 Å². The molecule has 3 rings (SSSR count). The molecule has 2 atom stereocenters. The second-order valence-electron chi connectivity index (χ2n) is 6.57. The van der Waals surface area contributed by atoms with Gasteiger partial charge in [-0.2, -0.15) is 0 Å². The van der Waals surface area contributed by atoms with E-state index in [0.29, 0.717) is 12.3 Å². The number of rotatable bonds is 6. The molecule has 7 nitrogen and oxygen atoms in total. The Morgan fingerprint density at radius 1 is 1.28 bits per heavy atom. The summed E-state index contributed by atoms with van der Waals surface area (Å²) in [5.41, 5.74) is 0.918. The van der Waals surface area contributed by atoms with E-state index in [1.54, 1.807) is 7.11 Å². The smallest absolute Gasteiger partial charge is 0.315 e. The van der Waals surface area contributed by atoms with E-state index in [1.807, 2.05) is 25.1 Å². The molecule has 1 saturated carbocycles. The lowest BCUT2D eigenvalue weighted by molar-refractivity contribution is -0.123. The van der Waals surface area contributed by atoms with Gasteiger partial charge >= 0.3 is 6.03 Å². The second kappa shape index (κ2) is 7.63. The van der Waals surface area contributed by atoms with Crippen molar-refractivity contribution in [3.05, 3.63) is 23.8 Å². The molecule has 1 heterocycles. The molecule has 0 radical (unpaired) electrons. The summed E-state index contributed by atoms with van der Waals surface area (Å²) in [6.07, 6.45) is 4.84. The monoisotopic (exact) mass is 347 g/mol. The molecule has 1 aliphatic carbocycles. The lowest BCUT2D eigenvalue weighted by Crippen LogP contribution is -2.43. The first-order chi connectivity index (χ1) is 12.1. The van der Waals surface area contributed by atoms with Crippen LogP contribution in [0.4, 0.5) is 4.79 Å². The van der Waals surface area contributed by atoms with Crippen molar-refractivity contribution in [2.75, 3.05) is 13.7 Å². The van der Waals surface area contributed by atoms with Crippen molar-refractivity contribution >= 4 is 11.9 Å². The van der Waals surface area contributed by atoms with Crippen molar-refractivity contribution < 1.29 is 19.1 Å². The van der Waals surface area contributed by atoms with Gasteiger partial charge in [0.15, 0.2) is 11.5 Å². The second-order valence-corrected chi connectivity index (χ2v) is 6.57. The summed E-state index contributed by atoms with van der Waals surface area (Å²) in [6.45, 7) is 2.20. The molecular formula is C18H25N3O4. The Morgan fingerprint density at radius 3 is 2.68 bits per heavy atom. The average molecular weight is 347 g/mol. The van der Waals surface area contributed by atoms with Gasteiger partial charge in [-0.05, 0) is 50.3 Å². The Kier molecular flexibility index (Phi) is 5.31. The van der Waals surface area contributed by atoms with Gasteiger partial charge in [0.25, 0.3) is 0 Å². The number of carbonyl (C=O) groups excluding carboxylic acids is 2. The van der Waals surface area contributed by atoms with Gasteiger partial charge < -0.3 is 25.4 Å². The predicted octanol–water partition coefficient (Wildman–Crippen LogP) is 1.88. The molecule has 3 N–H and O–H groups in total. The Morgan fingerprint density at radius 2 is 2.04 bits per heavy atom. The van der Waals surface area contributed by atoms with Gasteiger partial charge in [0.2, 0.25) is 5.91 Å². The van der Waals surface area contributed by atoms with Crippen molar-refractivity contribution in [3.63, 3.8) is 0 Å². The van der Waals surface area contributed by atoms with Gasteiger partial charge in [-0.1, -0.05) is 6.07 Å². The van der Waals surface area contributed by atoms with Crippen LogP contribution in [0.5, 0.6) is 11.5 Å². The predicted molar refractivity (Wildman–Crippen MR) is 92.8 cm³/mol. The number of carbonyl (C=O) groups is 2. The molecule has 0 bridgehead atoms. The number of urea groups is 1. The third kappa shape index (κ3) is 4.15. The quantitative estimate of drug-likeness (QED) is 0.733. The number of ether oxygens (including phenoxy) is 2. The van der Waals surface area contributed by atoms with Gasteiger partial charge in [0, 0.05) is 6.54 Å². The largest absolute Gasteiger partial charge is 0.493 e. The third-order valence-corrected chi connectivity index (χ3v) is 4.73. The summed E-state index contributed by atoms with van der Waals surface area (Å²) >= 11 is 0. The first kappa shape index (κ1) is 17.4. The molecule has 1 aromatic carbocycles. The fraction of sp³-hybridized carbons (Fsp3) is 0.556. The van der Waals surface area contributed by atoms with E-state index in [2.05, 4.69) is 16.0 Å². The van der Waals surface area contributed by atoms with E-state index >= 15 is 0 Å². The highest BCUT2D eigenvalue weighted by Gasteiger charge is 2.28. The molecule has 1 saturated heterocycles. The van der Waals surface area contributed by atoms with Crippen LogP contribution in [-0.4, -0.2) is 37.7 Å². The van der Waals surface area contributed by atoms with Crippen molar-refractivity contribution in [3.8, 4) is 11.5 Å². The molecule has 3 amide bonds. The minimum absolute atomic E-state index is 0.209. The van der Waals surface area contributed by atoms with Gasteiger partial charge in [-0.25, -0.2) is 4.79 Å². The van der Waals surface area contributed by atoms with Crippen LogP contribution < -0.4 is 25.4 Å². The van der Waals surface area contributed by atoms with Crippen molar-refractivity contribution in [2.45, 2.75) is 50.8 Å². The van der Waals surface area contributed by atoms with Gasteiger partial charge in [-0.3, -0.25) is 4.79 Å². The first-order valence-electron chi connectivity index (χ1n) is 8.76. The van der Waals surface area contributed by atoms with Crippen LogP contribution in [0.3, 0.4) is 0 Å². The lowest BCUT2D eigenvalue weighted by atomic mass is 10.1. The van der Waals surface area contributed by atoms with Crippen molar-refractivity contribution in [2.24, 2.45) is 0 Å². The molecule has 1 aliphatic heterocycles. The van der Waals surface area contributed by atoms with E-state index in [0.717, 1.165) is 24.2 Å². The number of hydrogen-bond acceptors (Lipinski definition) is 4. The number of benzene rings is 1. The van der Waals surface area contributed by atoms with Crippen LogP contribution in [0.15, 0.2) is 18.2 Å². The zero-order chi connectivity index (χ0) is 17.8. The average Bonchev–Trinajstić information content (AvgIpc) is 3.26. The topological polar surface area (TPSA) is 88.7 Å². The molecule has 7 heteroatoms. The van der Waals surface area contributed by atoms with E-state index in [9.17, 15) is 9.59 Å².